The molecule has 0 spiro atoms. The van der Waals surface area contributed by atoms with Gasteiger partial charge in [0.05, 0.1) is 0 Å². The van der Waals surface area contributed by atoms with Gasteiger partial charge in [0.15, 0.2) is 0 Å². The van der Waals surface area contributed by atoms with Crippen LogP contribution in [0.5, 0.6) is 0 Å². The van der Waals surface area contributed by atoms with Crippen LogP contribution >= 0.6 is 0 Å². The Bertz CT molecular complexity index is 512. The summed E-state index contributed by atoms with van der Waals surface area (Å²) in [6, 6.07) is 21.0. The molecule has 0 aliphatic heterocycles. The van der Waals surface area contributed by atoms with Gasteiger partial charge in [-0.2, -0.15) is 11.6 Å². The fraction of sp³-hybridized carbons (Fsp3) is 0.0588. The summed E-state index contributed by atoms with van der Waals surface area (Å²) in [5.74, 6) is 0. The minimum atomic E-state index is 0. The van der Waals surface area contributed by atoms with Crippen LogP contribution in [0.25, 0.3) is 11.1 Å². The minimum Gasteiger partial charge on any atom is -0.197 e. The predicted molar refractivity (Wildman–Crippen MR) is 72.1 cm³/mol. The van der Waals surface area contributed by atoms with Gasteiger partial charge in [-0.3, -0.25) is 0 Å². The predicted octanol–water partition coefficient (Wildman–Crippen LogP) is 4.36. The Labute approximate surface area is 119 Å². The molecule has 3 rings (SSSR count). The number of benzene rings is 2. The molecule has 0 atom stereocenters. The van der Waals surface area contributed by atoms with Gasteiger partial charge in [-0.1, -0.05) is 60.5 Å². The van der Waals surface area contributed by atoms with Crippen molar-refractivity contribution in [1.82, 2.24) is 0 Å². The smallest absolute Gasteiger partial charge is 0 e. The van der Waals surface area contributed by atoms with Gasteiger partial charge in [-0.15, -0.1) is 29.3 Å². The van der Waals surface area contributed by atoms with Crippen molar-refractivity contribution in [3.63, 3.8) is 0 Å². The van der Waals surface area contributed by atoms with E-state index in [1.165, 1.54) is 22.3 Å². The van der Waals surface area contributed by atoms with Gasteiger partial charge < -0.3 is 0 Å². The molecule has 0 N–H and O–H groups in total. The molecule has 0 unspecified atom stereocenters. The van der Waals surface area contributed by atoms with Crippen molar-refractivity contribution in [3.8, 4) is 0 Å². The number of hydrogen-bond acceptors (Lipinski definition) is 0. The van der Waals surface area contributed by atoms with Gasteiger partial charge >= 0.3 is 0 Å². The second-order valence-electron chi connectivity index (χ2n) is 4.11. The Balaban J connectivity index is 0.00000120. The molecule has 1 aliphatic rings. The summed E-state index contributed by atoms with van der Waals surface area (Å²) >= 11 is 0. The van der Waals surface area contributed by atoms with Crippen LogP contribution in [0, 0.1) is 6.08 Å². The Morgan fingerprint density at radius 1 is 0.722 bits per heavy atom. The summed E-state index contributed by atoms with van der Waals surface area (Å²) in [5.41, 5.74) is 5.06. The first-order valence-electron chi connectivity index (χ1n) is 5.87. The van der Waals surface area contributed by atoms with E-state index in [-0.39, 0.29) is 17.1 Å². The van der Waals surface area contributed by atoms with Crippen LogP contribution in [-0.2, 0) is 17.1 Å². The van der Waals surface area contributed by atoms with Crippen LogP contribution in [0.15, 0.2) is 66.7 Å². The Morgan fingerprint density at radius 3 is 1.89 bits per heavy atom. The van der Waals surface area contributed by atoms with Gasteiger partial charge in [-0.25, -0.2) is 0 Å². The van der Waals surface area contributed by atoms with E-state index in [0.717, 1.165) is 6.42 Å². The van der Waals surface area contributed by atoms with E-state index in [4.69, 9.17) is 0 Å². The first-order valence-corrected chi connectivity index (χ1v) is 5.87. The van der Waals surface area contributed by atoms with Crippen molar-refractivity contribution in [1.29, 1.82) is 0 Å². The largest absolute Gasteiger partial charge is 0.197 e. The third-order valence-electron chi connectivity index (χ3n) is 3.00. The summed E-state index contributed by atoms with van der Waals surface area (Å²) in [4.78, 5) is 0. The van der Waals surface area contributed by atoms with Crippen LogP contribution in [0.3, 0.4) is 0 Å². The van der Waals surface area contributed by atoms with Gasteiger partial charge in [0.1, 0.15) is 0 Å². The Morgan fingerprint density at radius 2 is 1.28 bits per heavy atom. The first-order chi connectivity index (χ1) is 8.45. The van der Waals surface area contributed by atoms with Gasteiger partial charge in [-0.05, 0) is 0 Å². The molecule has 0 heterocycles. The monoisotopic (exact) mass is 273 g/mol. The molecule has 2 aromatic carbocycles. The number of rotatable bonds is 2. The molecule has 0 radical (unpaired) electrons. The van der Waals surface area contributed by atoms with E-state index < -0.39 is 0 Å². The Kier molecular flexibility index (Phi) is 4.19. The van der Waals surface area contributed by atoms with E-state index >= 15 is 0 Å². The van der Waals surface area contributed by atoms with Crippen LogP contribution in [0.4, 0.5) is 0 Å². The maximum Gasteiger partial charge on any atom is 0 e. The fourth-order valence-electron chi connectivity index (χ4n) is 2.19. The zero-order valence-electron chi connectivity index (χ0n) is 9.91. The van der Waals surface area contributed by atoms with Crippen molar-refractivity contribution in [2.75, 3.05) is 0 Å². The summed E-state index contributed by atoms with van der Waals surface area (Å²) in [6.45, 7) is 0. The molecule has 0 fully saturated rings. The summed E-state index contributed by atoms with van der Waals surface area (Å²) < 4.78 is 0. The van der Waals surface area contributed by atoms with Gasteiger partial charge in [0.2, 0.25) is 0 Å². The molecule has 0 amide bonds. The van der Waals surface area contributed by atoms with Gasteiger partial charge in [0.25, 0.3) is 0 Å². The van der Waals surface area contributed by atoms with Crippen molar-refractivity contribution >= 4 is 11.1 Å². The van der Waals surface area contributed by atoms with E-state index in [9.17, 15) is 0 Å². The molecule has 90 valence electrons. The minimum absolute atomic E-state index is 0. The Hall–Kier alpha value is -1.56. The average molecular weight is 273 g/mol. The van der Waals surface area contributed by atoms with E-state index in [1.54, 1.807) is 0 Å². The molecule has 0 saturated heterocycles. The second-order valence-corrected chi connectivity index (χ2v) is 4.11. The molecule has 1 aliphatic carbocycles. The maximum absolute atomic E-state index is 3.45. The molecule has 0 bridgehead atoms. The van der Waals surface area contributed by atoms with Crippen LogP contribution in [0.1, 0.15) is 17.5 Å². The molecule has 2 aromatic rings. The van der Waals surface area contributed by atoms with Crippen LogP contribution in [-0.4, -0.2) is 0 Å². The third-order valence-corrected chi connectivity index (χ3v) is 3.00. The summed E-state index contributed by atoms with van der Waals surface area (Å²) in [6.07, 6.45) is 6.60. The SMILES string of the molecule is [C-]1=C(c2ccccc2)C(c2ccccc2)=CC1.[Fe]. The van der Waals surface area contributed by atoms with E-state index in [1.807, 2.05) is 6.07 Å². The second kappa shape index (κ2) is 5.86. The third kappa shape index (κ3) is 2.48. The molecular weight excluding hydrogens is 260 g/mol. The van der Waals surface area contributed by atoms with Crippen molar-refractivity contribution in [2.24, 2.45) is 0 Å². The van der Waals surface area contributed by atoms with E-state index in [2.05, 4.69) is 66.7 Å². The maximum atomic E-state index is 3.45. The normalized spacial score (nSPS) is 13.6. The van der Waals surface area contributed by atoms with Gasteiger partial charge in [0, 0.05) is 17.1 Å². The average Bonchev–Trinajstić information content (AvgIpc) is 2.90. The van der Waals surface area contributed by atoms with E-state index in [0.29, 0.717) is 0 Å². The van der Waals surface area contributed by atoms with Crippen molar-refractivity contribution in [3.05, 3.63) is 83.9 Å². The standard InChI is InChI=1S/C17H13.Fe/c1-3-8-14(9-4-1)16-12-7-13-17(16)15-10-5-2-6-11-15;/h1-6,8-12H,7H2;/q-1;. The quantitative estimate of drug-likeness (QED) is 0.563. The topological polar surface area (TPSA) is 0 Å². The first kappa shape index (κ1) is 12.9. The summed E-state index contributed by atoms with van der Waals surface area (Å²) in [7, 11) is 0. The number of allylic oxidation sites excluding steroid dienone is 4. The molecule has 18 heavy (non-hydrogen) atoms. The van der Waals surface area contributed by atoms with Crippen molar-refractivity contribution < 1.29 is 17.1 Å². The molecule has 0 aromatic heterocycles. The molecule has 0 nitrogen and oxygen atoms in total. The zero-order valence-corrected chi connectivity index (χ0v) is 11.0. The molecule has 1 heteroatoms. The molecular formula is C17H13Fe-. The number of hydrogen-bond donors (Lipinski definition) is 0. The zero-order chi connectivity index (χ0) is 11.5. The van der Waals surface area contributed by atoms with Crippen molar-refractivity contribution in [2.45, 2.75) is 6.42 Å². The van der Waals surface area contributed by atoms with Crippen LogP contribution < -0.4 is 0 Å². The summed E-state index contributed by atoms with van der Waals surface area (Å²) in [5, 5.41) is 0. The fourth-order valence-corrected chi connectivity index (χ4v) is 2.19. The van der Waals surface area contributed by atoms with Crippen LogP contribution in [0.2, 0.25) is 0 Å². The molecule has 0 saturated carbocycles.